The van der Waals surface area contributed by atoms with E-state index in [1.165, 1.54) is 6.07 Å². The molecule has 0 aliphatic carbocycles. The van der Waals surface area contributed by atoms with Crippen LogP contribution in [0, 0.1) is 22.7 Å². The van der Waals surface area contributed by atoms with Crippen molar-refractivity contribution in [3.05, 3.63) is 29.3 Å². The van der Waals surface area contributed by atoms with Crippen molar-refractivity contribution >= 4 is 6.09 Å². The van der Waals surface area contributed by atoms with Gasteiger partial charge >= 0.3 is 6.09 Å². The van der Waals surface area contributed by atoms with Gasteiger partial charge in [-0.25, -0.2) is 4.79 Å². The van der Waals surface area contributed by atoms with E-state index in [-0.39, 0.29) is 12.2 Å². The molecule has 9 nitrogen and oxygen atoms in total. The molecule has 28 heavy (non-hydrogen) atoms. The second kappa shape index (κ2) is 9.38. The van der Waals surface area contributed by atoms with Gasteiger partial charge in [-0.15, -0.1) is 0 Å². The Balaban J connectivity index is 1.44. The van der Waals surface area contributed by atoms with Crippen molar-refractivity contribution in [2.45, 2.75) is 12.2 Å². The quantitative estimate of drug-likeness (QED) is 0.694. The Hall–Kier alpha value is -2.85. The minimum atomic E-state index is -0.999. The summed E-state index contributed by atoms with van der Waals surface area (Å²) in [6, 6.07) is 8.91. The summed E-state index contributed by atoms with van der Waals surface area (Å²) in [7, 11) is 0. The maximum Gasteiger partial charge on any atom is 0.404 e. The van der Waals surface area contributed by atoms with Crippen LogP contribution >= 0.6 is 0 Å². The minimum Gasteiger partial charge on any atom is -0.491 e. The molecule has 2 N–H and O–H groups in total. The average Bonchev–Trinajstić information content (AvgIpc) is 2.67. The van der Waals surface area contributed by atoms with E-state index in [0.717, 1.165) is 32.7 Å². The largest absolute Gasteiger partial charge is 0.491 e. The topological polar surface area (TPSA) is 122 Å². The lowest BCUT2D eigenvalue weighted by atomic mass is 10.1. The van der Waals surface area contributed by atoms with Crippen LogP contribution in [0.1, 0.15) is 11.1 Å². The highest BCUT2D eigenvalue weighted by molar-refractivity contribution is 5.64. The van der Waals surface area contributed by atoms with Crippen molar-refractivity contribution in [2.75, 3.05) is 52.4 Å². The Morgan fingerprint density at radius 1 is 1.18 bits per heavy atom. The van der Waals surface area contributed by atoms with Crippen LogP contribution in [-0.4, -0.2) is 85.6 Å². The van der Waals surface area contributed by atoms with Crippen LogP contribution in [0.25, 0.3) is 0 Å². The number of fused-ring (bicyclic) bond motifs is 2. The molecule has 2 fully saturated rings. The van der Waals surface area contributed by atoms with Crippen LogP contribution in [0.3, 0.4) is 0 Å². The first-order valence-corrected chi connectivity index (χ1v) is 9.21. The van der Waals surface area contributed by atoms with Gasteiger partial charge < -0.3 is 19.9 Å². The van der Waals surface area contributed by atoms with Crippen LogP contribution in [0.5, 0.6) is 5.75 Å². The molecule has 0 aromatic heterocycles. The molecule has 1 aromatic rings. The van der Waals surface area contributed by atoms with Gasteiger partial charge in [0.25, 0.3) is 0 Å². The van der Waals surface area contributed by atoms with Gasteiger partial charge in [0.15, 0.2) is 0 Å². The first kappa shape index (κ1) is 19.9. The Morgan fingerprint density at radius 2 is 1.86 bits per heavy atom. The van der Waals surface area contributed by atoms with Crippen molar-refractivity contribution in [2.24, 2.45) is 0 Å². The summed E-state index contributed by atoms with van der Waals surface area (Å²) in [6.45, 7) is 5.42. The van der Waals surface area contributed by atoms with Crippen LogP contribution in [0.4, 0.5) is 4.79 Å². The molecular weight excluding hydrogens is 362 g/mol. The van der Waals surface area contributed by atoms with Crippen LogP contribution in [0.15, 0.2) is 18.2 Å². The first-order valence-electron chi connectivity index (χ1n) is 9.21. The van der Waals surface area contributed by atoms with Gasteiger partial charge in [-0.05, 0) is 18.2 Å². The van der Waals surface area contributed by atoms with Gasteiger partial charge in [-0.2, -0.15) is 10.5 Å². The van der Waals surface area contributed by atoms with Crippen LogP contribution in [-0.2, 0) is 4.74 Å². The monoisotopic (exact) mass is 385 g/mol. The Bertz CT molecular complexity index is 774. The van der Waals surface area contributed by atoms with Crippen molar-refractivity contribution in [1.29, 1.82) is 10.5 Å². The fourth-order valence-corrected chi connectivity index (χ4v) is 3.64. The maximum atomic E-state index is 10.6. The number of hydrogen-bond donors (Lipinski definition) is 2. The number of nitriles is 2. The van der Waals surface area contributed by atoms with E-state index in [1.54, 1.807) is 12.1 Å². The van der Waals surface area contributed by atoms with E-state index in [1.807, 2.05) is 6.07 Å². The van der Waals surface area contributed by atoms with Crippen molar-refractivity contribution in [1.82, 2.24) is 15.1 Å². The summed E-state index contributed by atoms with van der Waals surface area (Å²) in [4.78, 5) is 15.1. The molecule has 3 rings (SSSR count). The fraction of sp³-hybridized carbons (Fsp3) is 0.526. The maximum absolute atomic E-state index is 10.6. The molecule has 1 amide bonds. The highest BCUT2D eigenvalue weighted by Crippen LogP contribution is 2.21. The standard InChI is InChI=1S/C19H23N5O4/c20-8-14-1-2-18(15(7-14)9-21)27-6-5-24-12-16-10-23(4-3-22-19(25)26)11-17(13-24)28-16/h1-2,7,16-17,22H,3-6,10-13H2,(H,25,26). The Kier molecular flexibility index (Phi) is 6.66. The summed E-state index contributed by atoms with van der Waals surface area (Å²) in [6.07, 6.45) is -0.801. The molecule has 0 saturated carbocycles. The third-order valence-electron chi connectivity index (χ3n) is 4.83. The molecule has 2 bridgehead atoms. The molecular formula is C19H23N5O4. The van der Waals surface area contributed by atoms with E-state index < -0.39 is 6.09 Å². The van der Waals surface area contributed by atoms with Gasteiger partial charge in [0.1, 0.15) is 18.4 Å². The van der Waals surface area contributed by atoms with Crippen molar-refractivity contribution < 1.29 is 19.4 Å². The van der Waals surface area contributed by atoms with Crippen LogP contribution in [0.2, 0.25) is 0 Å². The number of nitrogens with zero attached hydrogens (tertiary/aromatic N) is 4. The van der Waals surface area contributed by atoms with Gasteiger partial charge in [-0.3, -0.25) is 9.80 Å². The lowest BCUT2D eigenvalue weighted by molar-refractivity contribution is -0.138. The smallest absolute Gasteiger partial charge is 0.404 e. The molecule has 0 spiro atoms. The second-order valence-corrected chi connectivity index (χ2v) is 6.91. The van der Waals surface area contributed by atoms with E-state index in [2.05, 4.69) is 21.2 Å². The van der Waals surface area contributed by atoms with E-state index in [0.29, 0.717) is 36.6 Å². The summed E-state index contributed by atoms with van der Waals surface area (Å²) in [5, 5.41) is 29.2. The molecule has 2 unspecified atom stereocenters. The molecule has 2 aliphatic rings. The molecule has 2 aliphatic heterocycles. The van der Waals surface area contributed by atoms with Gasteiger partial charge in [0.05, 0.1) is 29.4 Å². The molecule has 1 aromatic carbocycles. The number of benzene rings is 1. The van der Waals surface area contributed by atoms with Crippen LogP contribution < -0.4 is 10.1 Å². The number of amides is 1. The summed E-state index contributed by atoms with van der Waals surface area (Å²) in [5.74, 6) is 0.493. The molecule has 2 heterocycles. The average molecular weight is 385 g/mol. The zero-order valence-corrected chi connectivity index (χ0v) is 15.5. The molecule has 2 atom stereocenters. The number of nitrogens with one attached hydrogen (secondary N) is 1. The van der Waals surface area contributed by atoms with E-state index >= 15 is 0 Å². The molecule has 0 radical (unpaired) electrons. The normalized spacial score (nSPS) is 22.1. The highest BCUT2D eigenvalue weighted by Gasteiger charge is 2.34. The third kappa shape index (κ3) is 5.33. The summed E-state index contributed by atoms with van der Waals surface area (Å²) >= 11 is 0. The highest BCUT2D eigenvalue weighted by atomic mass is 16.5. The summed E-state index contributed by atoms with van der Waals surface area (Å²) in [5.41, 5.74) is 0.802. The molecule has 148 valence electrons. The second-order valence-electron chi connectivity index (χ2n) is 6.91. The lowest BCUT2D eigenvalue weighted by Gasteiger charge is -2.45. The Morgan fingerprint density at radius 3 is 2.46 bits per heavy atom. The fourth-order valence-electron chi connectivity index (χ4n) is 3.64. The molecule has 2 saturated heterocycles. The number of carbonyl (C=O) groups is 1. The third-order valence-corrected chi connectivity index (χ3v) is 4.83. The van der Waals surface area contributed by atoms with Gasteiger partial charge in [0.2, 0.25) is 0 Å². The first-order chi connectivity index (χ1) is 13.6. The molecule has 9 heteroatoms. The predicted molar refractivity (Wildman–Crippen MR) is 98.9 cm³/mol. The van der Waals surface area contributed by atoms with Crippen molar-refractivity contribution in [3.8, 4) is 17.9 Å². The van der Waals surface area contributed by atoms with E-state index in [4.69, 9.17) is 19.8 Å². The van der Waals surface area contributed by atoms with E-state index in [9.17, 15) is 10.1 Å². The lowest BCUT2D eigenvalue weighted by Crippen LogP contribution is -2.60. The number of ether oxygens (including phenoxy) is 2. The number of carboxylic acid groups (broad SMARTS) is 1. The number of rotatable bonds is 7. The Labute approximate surface area is 163 Å². The minimum absolute atomic E-state index is 0.0990. The number of hydrogen-bond acceptors (Lipinski definition) is 7. The number of morpholine rings is 2. The zero-order valence-electron chi connectivity index (χ0n) is 15.5. The predicted octanol–water partition coefficient (Wildman–Crippen LogP) is 0.461. The van der Waals surface area contributed by atoms with Crippen molar-refractivity contribution in [3.63, 3.8) is 0 Å². The SMILES string of the molecule is N#Cc1ccc(OCCN2CC3CN(CCNC(=O)O)CC(C2)O3)c(C#N)c1. The summed E-state index contributed by atoms with van der Waals surface area (Å²) < 4.78 is 11.8. The van der Waals surface area contributed by atoms with Gasteiger partial charge in [-0.1, -0.05) is 0 Å². The van der Waals surface area contributed by atoms with Gasteiger partial charge in [0, 0.05) is 45.8 Å². The zero-order chi connectivity index (χ0) is 19.9.